The van der Waals surface area contributed by atoms with E-state index < -0.39 is 6.10 Å². The monoisotopic (exact) mass is 198 g/mol. The minimum atomic E-state index is -0.738. The van der Waals surface area contributed by atoms with Crippen molar-refractivity contribution in [2.24, 2.45) is 0 Å². The van der Waals surface area contributed by atoms with Crippen molar-refractivity contribution in [3.05, 3.63) is 29.1 Å². The molecule has 1 unspecified atom stereocenters. The van der Waals surface area contributed by atoms with E-state index in [2.05, 4.69) is 0 Å². The Kier molecular flexibility index (Phi) is 2.39. The number of rotatable bonds is 1. The zero-order valence-corrected chi connectivity index (χ0v) is 7.79. The lowest BCUT2D eigenvalue weighted by Crippen LogP contribution is -2.14. The summed E-state index contributed by atoms with van der Waals surface area (Å²) in [6.45, 7) is 2.05. The molecular formula is C10H11FO3. The molecule has 0 saturated carbocycles. The molecular weight excluding hydrogens is 187 g/mol. The van der Waals surface area contributed by atoms with E-state index in [1.54, 1.807) is 6.92 Å². The second kappa shape index (κ2) is 3.55. The van der Waals surface area contributed by atoms with Gasteiger partial charge in [-0.05, 0) is 19.1 Å². The predicted octanol–water partition coefficient (Wildman–Crippen LogP) is 1.75. The maximum Gasteiger partial charge on any atom is 0.189 e. The number of hydrogen-bond donors (Lipinski definition) is 1. The van der Waals surface area contributed by atoms with Crippen LogP contribution in [0.3, 0.4) is 0 Å². The number of halogens is 1. The van der Waals surface area contributed by atoms with Crippen molar-refractivity contribution < 1.29 is 19.0 Å². The van der Waals surface area contributed by atoms with E-state index in [0.29, 0.717) is 23.5 Å². The third kappa shape index (κ3) is 1.58. The fraction of sp³-hybridized carbons (Fsp3) is 0.400. The van der Waals surface area contributed by atoms with Gasteiger partial charge in [-0.3, -0.25) is 0 Å². The van der Waals surface area contributed by atoms with Crippen molar-refractivity contribution in [2.75, 3.05) is 6.79 Å². The first-order valence-electron chi connectivity index (χ1n) is 4.39. The summed E-state index contributed by atoms with van der Waals surface area (Å²) in [4.78, 5) is 0. The third-order valence-electron chi connectivity index (χ3n) is 2.15. The van der Waals surface area contributed by atoms with Gasteiger partial charge in [0, 0.05) is 11.1 Å². The smallest absolute Gasteiger partial charge is 0.189 e. The summed E-state index contributed by atoms with van der Waals surface area (Å²) in [5.74, 6) is 0.168. The molecule has 1 aliphatic heterocycles. The van der Waals surface area contributed by atoms with Crippen LogP contribution in [0.15, 0.2) is 12.1 Å². The van der Waals surface area contributed by atoms with Crippen LogP contribution >= 0.6 is 0 Å². The molecule has 0 radical (unpaired) electrons. The Morgan fingerprint density at radius 2 is 2.29 bits per heavy atom. The molecule has 0 bridgehead atoms. The van der Waals surface area contributed by atoms with Crippen molar-refractivity contribution >= 4 is 0 Å². The lowest BCUT2D eigenvalue weighted by molar-refractivity contribution is -0.0186. The SMILES string of the molecule is CC(O)c1cc(F)cc2c1OCOC2. The van der Waals surface area contributed by atoms with Gasteiger partial charge >= 0.3 is 0 Å². The molecule has 3 nitrogen and oxygen atoms in total. The van der Waals surface area contributed by atoms with Gasteiger partial charge in [0.25, 0.3) is 0 Å². The summed E-state index contributed by atoms with van der Waals surface area (Å²) >= 11 is 0. The lowest BCUT2D eigenvalue weighted by atomic mass is 10.0. The zero-order valence-electron chi connectivity index (χ0n) is 7.79. The highest BCUT2D eigenvalue weighted by molar-refractivity contribution is 5.43. The van der Waals surface area contributed by atoms with Gasteiger partial charge in [0.05, 0.1) is 12.7 Å². The lowest BCUT2D eigenvalue weighted by Gasteiger charge is -2.21. The normalized spacial score (nSPS) is 17.1. The van der Waals surface area contributed by atoms with Crippen LogP contribution < -0.4 is 4.74 Å². The van der Waals surface area contributed by atoms with Crippen LogP contribution in [0.4, 0.5) is 4.39 Å². The molecule has 2 rings (SSSR count). The van der Waals surface area contributed by atoms with Gasteiger partial charge in [-0.2, -0.15) is 0 Å². The van der Waals surface area contributed by atoms with E-state index in [1.807, 2.05) is 0 Å². The van der Waals surface area contributed by atoms with Crippen molar-refractivity contribution in [1.82, 2.24) is 0 Å². The van der Waals surface area contributed by atoms with Crippen molar-refractivity contribution in [2.45, 2.75) is 19.6 Å². The molecule has 4 heteroatoms. The number of benzene rings is 1. The Morgan fingerprint density at radius 3 is 3.00 bits per heavy atom. The fourth-order valence-electron chi connectivity index (χ4n) is 1.52. The number of hydrogen-bond acceptors (Lipinski definition) is 3. The number of ether oxygens (including phenoxy) is 2. The molecule has 1 aromatic rings. The second-order valence-electron chi connectivity index (χ2n) is 3.27. The van der Waals surface area contributed by atoms with E-state index in [1.165, 1.54) is 12.1 Å². The van der Waals surface area contributed by atoms with Crippen LogP contribution in [0.5, 0.6) is 5.75 Å². The van der Waals surface area contributed by atoms with E-state index >= 15 is 0 Å². The molecule has 0 spiro atoms. The van der Waals surface area contributed by atoms with Gasteiger partial charge in [-0.1, -0.05) is 0 Å². The Bertz CT molecular complexity index is 349. The summed E-state index contributed by atoms with van der Waals surface area (Å²) in [5, 5.41) is 9.42. The molecule has 0 aromatic heterocycles. The van der Waals surface area contributed by atoms with Crippen LogP contribution in [-0.2, 0) is 11.3 Å². The Labute approximate surface area is 81.1 Å². The second-order valence-corrected chi connectivity index (χ2v) is 3.27. The summed E-state index contributed by atoms with van der Waals surface area (Å²) in [6, 6.07) is 2.65. The average Bonchev–Trinajstić information content (AvgIpc) is 2.16. The highest BCUT2D eigenvalue weighted by atomic mass is 19.1. The number of aliphatic hydroxyl groups excluding tert-OH is 1. The van der Waals surface area contributed by atoms with Gasteiger partial charge in [-0.25, -0.2) is 4.39 Å². The first kappa shape index (κ1) is 9.43. The van der Waals surface area contributed by atoms with Crippen LogP contribution in [-0.4, -0.2) is 11.9 Å². The van der Waals surface area contributed by atoms with Gasteiger partial charge in [0.2, 0.25) is 0 Å². The molecule has 1 atom stereocenters. The van der Waals surface area contributed by atoms with Gasteiger partial charge in [0.1, 0.15) is 11.6 Å². The van der Waals surface area contributed by atoms with Crippen LogP contribution in [0.1, 0.15) is 24.2 Å². The topological polar surface area (TPSA) is 38.7 Å². The van der Waals surface area contributed by atoms with Gasteiger partial charge in [-0.15, -0.1) is 0 Å². The summed E-state index contributed by atoms with van der Waals surface area (Å²) < 4.78 is 23.3. The molecule has 0 saturated heterocycles. The standard InChI is InChI=1S/C10H11FO3/c1-6(12)9-3-8(11)2-7-4-13-5-14-10(7)9/h2-3,6,12H,4-5H2,1H3. The highest BCUT2D eigenvalue weighted by Gasteiger charge is 2.19. The van der Waals surface area contributed by atoms with Crippen molar-refractivity contribution in [3.63, 3.8) is 0 Å². The first-order chi connectivity index (χ1) is 6.68. The maximum absolute atomic E-state index is 13.1. The molecule has 0 aliphatic carbocycles. The van der Waals surface area contributed by atoms with E-state index in [0.717, 1.165) is 0 Å². The summed E-state index contributed by atoms with van der Waals surface area (Å²) in [6.07, 6.45) is -0.738. The highest BCUT2D eigenvalue weighted by Crippen LogP contribution is 2.32. The number of fused-ring (bicyclic) bond motifs is 1. The minimum absolute atomic E-state index is 0.151. The molecule has 0 amide bonds. The summed E-state index contributed by atoms with van der Waals surface area (Å²) in [5.41, 5.74) is 1.12. The van der Waals surface area contributed by atoms with E-state index in [4.69, 9.17) is 9.47 Å². The van der Waals surface area contributed by atoms with Crippen LogP contribution in [0.25, 0.3) is 0 Å². The zero-order chi connectivity index (χ0) is 10.1. The predicted molar refractivity (Wildman–Crippen MR) is 47.3 cm³/mol. The fourth-order valence-corrected chi connectivity index (χ4v) is 1.52. The summed E-state index contributed by atoms with van der Waals surface area (Å²) in [7, 11) is 0. The minimum Gasteiger partial charge on any atom is -0.467 e. The van der Waals surface area contributed by atoms with Gasteiger partial charge < -0.3 is 14.6 Å². The van der Waals surface area contributed by atoms with E-state index in [-0.39, 0.29) is 12.6 Å². The number of aliphatic hydroxyl groups is 1. The van der Waals surface area contributed by atoms with Gasteiger partial charge in [0.15, 0.2) is 6.79 Å². The maximum atomic E-state index is 13.1. The molecule has 1 heterocycles. The molecule has 1 N–H and O–H groups in total. The molecule has 0 fully saturated rings. The quantitative estimate of drug-likeness (QED) is 0.747. The van der Waals surface area contributed by atoms with Crippen LogP contribution in [0, 0.1) is 5.82 Å². The molecule has 1 aliphatic rings. The van der Waals surface area contributed by atoms with Crippen LogP contribution in [0.2, 0.25) is 0 Å². The Hall–Kier alpha value is -1.13. The Balaban J connectivity index is 2.52. The molecule has 1 aromatic carbocycles. The van der Waals surface area contributed by atoms with Crippen molar-refractivity contribution in [3.8, 4) is 5.75 Å². The first-order valence-corrected chi connectivity index (χ1v) is 4.39. The van der Waals surface area contributed by atoms with Crippen molar-refractivity contribution in [1.29, 1.82) is 0 Å². The average molecular weight is 198 g/mol. The molecule has 76 valence electrons. The third-order valence-corrected chi connectivity index (χ3v) is 2.15. The largest absolute Gasteiger partial charge is 0.467 e. The Morgan fingerprint density at radius 1 is 1.50 bits per heavy atom. The van der Waals surface area contributed by atoms with E-state index in [9.17, 15) is 9.50 Å². The molecule has 14 heavy (non-hydrogen) atoms.